The van der Waals surface area contributed by atoms with E-state index in [1.807, 2.05) is 35.2 Å². The highest BCUT2D eigenvalue weighted by Crippen LogP contribution is 2.32. The molecule has 1 aliphatic carbocycles. The third-order valence-electron chi connectivity index (χ3n) is 6.46. The molecule has 1 aromatic heterocycles. The van der Waals surface area contributed by atoms with E-state index in [-0.39, 0.29) is 12.1 Å². The number of carbonyl (C=O) groups excluding carboxylic acids is 1. The molecule has 3 N–H and O–H groups in total. The number of rotatable bonds is 6. The number of hydrogen-bond donors (Lipinski definition) is 2. The van der Waals surface area contributed by atoms with Crippen molar-refractivity contribution >= 4 is 34.1 Å². The van der Waals surface area contributed by atoms with Crippen molar-refractivity contribution in [3.8, 4) is 0 Å². The fourth-order valence-corrected chi connectivity index (χ4v) is 4.83. The smallest absolute Gasteiger partial charge is 0.319 e. The van der Waals surface area contributed by atoms with Crippen LogP contribution in [-0.4, -0.2) is 37.2 Å². The molecule has 1 saturated carbocycles. The number of primary amides is 1. The Hall–Kier alpha value is -3.28. The number of benzene rings is 2. The lowest BCUT2D eigenvalue weighted by Gasteiger charge is -2.37. The molecule has 0 bridgehead atoms. The molecule has 4 rings (SSSR count). The van der Waals surface area contributed by atoms with E-state index in [0.29, 0.717) is 6.04 Å². The first kappa shape index (κ1) is 21.9. The van der Waals surface area contributed by atoms with Gasteiger partial charge in [0.25, 0.3) is 0 Å². The van der Waals surface area contributed by atoms with Gasteiger partial charge in [0.1, 0.15) is 5.82 Å². The van der Waals surface area contributed by atoms with Crippen molar-refractivity contribution in [2.45, 2.75) is 51.1 Å². The number of nitrogens with zero attached hydrogens (tertiary/aromatic N) is 3. The number of urea groups is 1. The number of para-hydroxylation sites is 2. The third-order valence-corrected chi connectivity index (χ3v) is 6.46. The molecule has 168 valence electrons. The first-order valence-electron chi connectivity index (χ1n) is 11.5. The van der Waals surface area contributed by atoms with Crippen LogP contribution in [0.3, 0.4) is 0 Å². The first-order chi connectivity index (χ1) is 15.5. The van der Waals surface area contributed by atoms with Crippen molar-refractivity contribution < 1.29 is 4.79 Å². The van der Waals surface area contributed by atoms with Crippen LogP contribution >= 0.6 is 0 Å². The van der Waals surface area contributed by atoms with E-state index in [0.717, 1.165) is 65.8 Å². The molecule has 1 fully saturated rings. The van der Waals surface area contributed by atoms with E-state index in [1.54, 1.807) is 0 Å². The summed E-state index contributed by atoms with van der Waals surface area (Å²) in [4.78, 5) is 21.2. The molecule has 1 aliphatic rings. The Morgan fingerprint density at radius 2 is 1.72 bits per heavy atom. The molecule has 1 heterocycles. The van der Waals surface area contributed by atoms with Crippen LogP contribution in [0.15, 0.2) is 54.6 Å². The number of nitrogens with one attached hydrogen (secondary N) is 1. The van der Waals surface area contributed by atoms with Crippen LogP contribution in [0.25, 0.3) is 10.9 Å². The van der Waals surface area contributed by atoms with Crippen LogP contribution in [0.5, 0.6) is 0 Å². The molecule has 3 aromatic rings. The number of carbonyl (C=O) groups is 1. The van der Waals surface area contributed by atoms with Gasteiger partial charge in [-0.05, 0) is 49.8 Å². The molecule has 2 amide bonds. The summed E-state index contributed by atoms with van der Waals surface area (Å²) >= 11 is 0. The Bertz CT molecular complexity index is 1090. The molecule has 0 saturated heterocycles. The Morgan fingerprint density at radius 1 is 1.03 bits per heavy atom. The third kappa shape index (κ3) is 4.49. The molecular formula is C26H33N5O. The van der Waals surface area contributed by atoms with Gasteiger partial charge in [0.15, 0.2) is 0 Å². The topological polar surface area (TPSA) is 74.5 Å². The van der Waals surface area contributed by atoms with Crippen molar-refractivity contribution in [3.05, 3.63) is 60.2 Å². The number of nitrogens with two attached hydrogens (primary N) is 1. The van der Waals surface area contributed by atoms with E-state index in [9.17, 15) is 4.79 Å². The van der Waals surface area contributed by atoms with Crippen LogP contribution in [0.2, 0.25) is 0 Å². The van der Waals surface area contributed by atoms with Crippen LogP contribution < -0.4 is 20.9 Å². The molecule has 0 atom stereocenters. The fourth-order valence-electron chi connectivity index (χ4n) is 4.83. The van der Waals surface area contributed by atoms with Gasteiger partial charge in [-0.15, -0.1) is 0 Å². The lowest BCUT2D eigenvalue weighted by molar-refractivity contribution is 0.248. The van der Waals surface area contributed by atoms with Gasteiger partial charge < -0.3 is 16.0 Å². The predicted molar refractivity (Wildman–Crippen MR) is 134 cm³/mol. The summed E-state index contributed by atoms with van der Waals surface area (Å²) in [6.07, 6.45) is 4.63. The largest absolute Gasteiger partial charge is 0.377 e. The fraction of sp³-hybridized carbons (Fsp3) is 0.385. The summed E-state index contributed by atoms with van der Waals surface area (Å²) in [5.41, 5.74) is 10.1. The summed E-state index contributed by atoms with van der Waals surface area (Å²) in [7, 11) is 4.12. The minimum Gasteiger partial charge on any atom is -0.377 e. The van der Waals surface area contributed by atoms with Crippen molar-refractivity contribution in [3.63, 3.8) is 0 Å². The Kier molecular flexibility index (Phi) is 6.49. The van der Waals surface area contributed by atoms with Crippen LogP contribution in [0.4, 0.5) is 22.0 Å². The minimum absolute atomic E-state index is 0.125. The molecule has 0 radical (unpaired) electrons. The zero-order chi connectivity index (χ0) is 22.7. The van der Waals surface area contributed by atoms with E-state index in [1.165, 1.54) is 0 Å². The summed E-state index contributed by atoms with van der Waals surface area (Å²) in [5, 5.41) is 4.80. The lowest BCUT2D eigenvalue weighted by atomic mass is 9.89. The van der Waals surface area contributed by atoms with Gasteiger partial charge >= 0.3 is 6.03 Å². The normalized spacial score (nSPS) is 18.3. The van der Waals surface area contributed by atoms with Gasteiger partial charge in [-0.3, -0.25) is 4.90 Å². The number of hydrogen-bond acceptors (Lipinski definition) is 4. The zero-order valence-electron chi connectivity index (χ0n) is 19.2. The molecule has 2 aromatic carbocycles. The highest BCUT2D eigenvalue weighted by Gasteiger charge is 2.30. The summed E-state index contributed by atoms with van der Waals surface area (Å²) in [6, 6.07) is 18.5. The number of anilines is 3. The van der Waals surface area contributed by atoms with Crippen LogP contribution in [0.1, 0.15) is 38.2 Å². The average Bonchev–Trinajstić information content (AvgIpc) is 2.80. The number of pyridine rings is 1. The van der Waals surface area contributed by atoms with Gasteiger partial charge in [-0.25, -0.2) is 9.78 Å². The van der Waals surface area contributed by atoms with Gasteiger partial charge in [0.05, 0.1) is 5.52 Å². The van der Waals surface area contributed by atoms with E-state index in [4.69, 9.17) is 10.7 Å². The Balaban J connectivity index is 1.48. The second-order valence-electron chi connectivity index (χ2n) is 8.78. The van der Waals surface area contributed by atoms with Crippen molar-refractivity contribution in [2.75, 3.05) is 29.2 Å². The molecule has 0 spiro atoms. The molecule has 0 unspecified atom stereocenters. The van der Waals surface area contributed by atoms with Gasteiger partial charge in [0, 0.05) is 49.0 Å². The summed E-state index contributed by atoms with van der Waals surface area (Å²) < 4.78 is 0. The van der Waals surface area contributed by atoms with Crippen LogP contribution in [-0.2, 0) is 6.42 Å². The van der Waals surface area contributed by atoms with Gasteiger partial charge in [-0.2, -0.15) is 0 Å². The van der Waals surface area contributed by atoms with Gasteiger partial charge in [-0.1, -0.05) is 43.3 Å². The molecule has 6 nitrogen and oxygen atoms in total. The van der Waals surface area contributed by atoms with Gasteiger partial charge in [0.2, 0.25) is 0 Å². The summed E-state index contributed by atoms with van der Waals surface area (Å²) in [5.74, 6) is 0.902. The Labute approximate surface area is 190 Å². The molecule has 32 heavy (non-hydrogen) atoms. The monoisotopic (exact) mass is 431 g/mol. The second kappa shape index (κ2) is 9.47. The first-order valence-corrected chi connectivity index (χ1v) is 11.5. The standard InChI is InChI=1S/C26H33N5O/c1-4-18-9-5-8-12-23(18)31(26(27)32)20-15-13-19(14-16-20)28-25-17-24(30(2)3)21-10-6-7-11-22(21)29-25/h5-12,17,19-20H,4,13-16H2,1-3H3,(H2,27,32)(H,28,29). The average molecular weight is 432 g/mol. The predicted octanol–water partition coefficient (Wildman–Crippen LogP) is 5.17. The maximum atomic E-state index is 12.4. The number of fused-ring (bicyclic) bond motifs is 1. The van der Waals surface area contributed by atoms with Crippen molar-refractivity contribution in [1.82, 2.24) is 4.98 Å². The second-order valence-corrected chi connectivity index (χ2v) is 8.78. The molecule has 0 aliphatic heterocycles. The van der Waals surface area contributed by atoms with E-state index in [2.05, 4.69) is 55.5 Å². The molecular weight excluding hydrogens is 398 g/mol. The molecule has 6 heteroatoms. The highest BCUT2D eigenvalue weighted by molar-refractivity contribution is 5.93. The number of amides is 2. The lowest BCUT2D eigenvalue weighted by Crippen LogP contribution is -2.47. The summed E-state index contributed by atoms with van der Waals surface area (Å²) in [6.45, 7) is 2.11. The van der Waals surface area contributed by atoms with Crippen molar-refractivity contribution in [2.24, 2.45) is 5.73 Å². The minimum atomic E-state index is -0.367. The number of aromatic nitrogens is 1. The highest BCUT2D eigenvalue weighted by atomic mass is 16.2. The zero-order valence-corrected chi connectivity index (χ0v) is 19.2. The van der Waals surface area contributed by atoms with E-state index < -0.39 is 0 Å². The van der Waals surface area contributed by atoms with E-state index >= 15 is 0 Å². The Morgan fingerprint density at radius 3 is 2.41 bits per heavy atom. The SMILES string of the molecule is CCc1ccccc1N(C(N)=O)C1CCC(Nc2cc(N(C)C)c3ccccc3n2)CC1. The quantitative estimate of drug-likeness (QED) is 0.564. The maximum absolute atomic E-state index is 12.4. The number of aryl methyl sites for hydroxylation is 1. The maximum Gasteiger partial charge on any atom is 0.319 e. The van der Waals surface area contributed by atoms with Crippen LogP contribution in [0, 0.1) is 0 Å². The van der Waals surface area contributed by atoms with Crippen molar-refractivity contribution in [1.29, 1.82) is 0 Å².